The highest BCUT2D eigenvalue weighted by Crippen LogP contribution is 2.27. The predicted octanol–water partition coefficient (Wildman–Crippen LogP) is 4.20. The number of aryl methyl sites for hydroxylation is 1. The zero-order chi connectivity index (χ0) is 14.7. The Bertz CT molecular complexity index is 599. The van der Waals surface area contributed by atoms with Crippen molar-refractivity contribution in [2.24, 2.45) is 5.73 Å². The van der Waals surface area contributed by atoms with E-state index >= 15 is 0 Å². The highest BCUT2D eigenvalue weighted by atomic mass is 32.2. The van der Waals surface area contributed by atoms with Crippen molar-refractivity contribution >= 4 is 11.8 Å². The van der Waals surface area contributed by atoms with Crippen LogP contribution in [0.1, 0.15) is 17.2 Å². The van der Waals surface area contributed by atoms with Gasteiger partial charge in [0, 0.05) is 22.3 Å². The van der Waals surface area contributed by atoms with Gasteiger partial charge in [0.25, 0.3) is 0 Å². The normalized spacial score (nSPS) is 12.4. The Kier molecular flexibility index (Phi) is 4.73. The molecule has 20 heavy (non-hydrogen) atoms. The molecule has 0 aliphatic carbocycles. The Morgan fingerprint density at radius 1 is 1.05 bits per heavy atom. The Morgan fingerprint density at radius 3 is 2.35 bits per heavy atom. The van der Waals surface area contributed by atoms with Crippen LogP contribution in [0.3, 0.4) is 0 Å². The summed E-state index contributed by atoms with van der Waals surface area (Å²) in [6.07, 6.45) is 0. The summed E-state index contributed by atoms with van der Waals surface area (Å²) in [6, 6.07) is 7.73. The summed E-state index contributed by atoms with van der Waals surface area (Å²) in [7, 11) is 0. The zero-order valence-electron chi connectivity index (χ0n) is 10.9. The van der Waals surface area contributed by atoms with Crippen LogP contribution in [0.5, 0.6) is 0 Å². The highest BCUT2D eigenvalue weighted by molar-refractivity contribution is 7.99. The van der Waals surface area contributed by atoms with Crippen LogP contribution in [0.2, 0.25) is 0 Å². The van der Waals surface area contributed by atoms with Crippen molar-refractivity contribution in [2.45, 2.75) is 17.9 Å². The minimum absolute atomic E-state index is 0.0976. The van der Waals surface area contributed by atoms with E-state index in [1.165, 1.54) is 36.0 Å². The molecule has 1 unspecified atom stereocenters. The Labute approximate surface area is 120 Å². The van der Waals surface area contributed by atoms with Gasteiger partial charge in [0.2, 0.25) is 0 Å². The Morgan fingerprint density at radius 2 is 1.70 bits per heavy atom. The molecule has 1 atom stereocenters. The zero-order valence-corrected chi connectivity index (χ0v) is 11.7. The van der Waals surface area contributed by atoms with Gasteiger partial charge in [-0.2, -0.15) is 0 Å². The van der Waals surface area contributed by atoms with Crippen LogP contribution in [0.25, 0.3) is 0 Å². The molecule has 0 aliphatic heterocycles. The maximum Gasteiger partial charge on any atom is 0.133 e. The second-order valence-electron chi connectivity index (χ2n) is 4.46. The van der Waals surface area contributed by atoms with Gasteiger partial charge in [-0.3, -0.25) is 0 Å². The van der Waals surface area contributed by atoms with Crippen LogP contribution in [0.15, 0.2) is 41.3 Å². The lowest BCUT2D eigenvalue weighted by molar-refractivity contribution is 0.533. The molecule has 2 aromatic carbocycles. The second kappa shape index (κ2) is 6.33. The van der Waals surface area contributed by atoms with Gasteiger partial charge in [0.05, 0.1) is 0 Å². The van der Waals surface area contributed by atoms with E-state index in [1.807, 2.05) is 0 Å². The van der Waals surface area contributed by atoms with Crippen LogP contribution in [-0.2, 0) is 0 Å². The van der Waals surface area contributed by atoms with Gasteiger partial charge >= 0.3 is 0 Å². The van der Waals surface area contributed by atoms with Crippen LogP contribution in [-0.4, -0.2) is 5.75 Å². The molecule has 106 valence electrons. The van der Waals surface area contributed by atoms with Crippen LogP contribution in [0.4, 0.5) is 13.2 Å². The van der Waals surface area contributed by atoms with Crippen molar-refractivity contribution < 1.29 is 13.2 Å². The summed E-state index contributed by atoms with van der Waals surface area (Å²) < 4.78 is 40.4. The third-order valence-corrected chi connectivity index (χ3v) is 4.06. The third kappa shape index (κ3) is 3.35. The van der Waals surface area contributed by atoms with Gasteiger partial charge < -0.3 is 5.73 Å². The highest BCUT2D eigenvalue weighted by Gasteiger charge is 2.18. The molecule has 2 rings (SSSR count). The summed E-state index contributed by atoms with van der Waals surface area (Å²) in [5, 5.41) is 0. The first-order chi connectivity index (χ1) is 9.49. The molecule has 0 radical (unpaired) electrons. The molecule has 5 heteroatoms. The van der Waals surface area contributed by atoms with E-state index in [-0.39, 0.29) is 11.4 Å². The van der Waals surface area contributed by atoms with Gasteiger partial charge in [-0.15, -0.1) is 11.8 Å². The largest absolute Gasteiger partial charge is 0.323 e. The lowest BCUT2D eigenvalue weighted by atomic mass is 10.0. The topological polar surface area (TPSA) is 26.0 Å². The molecule has 0 heterocycles. The maximum atomic E-state index is 13.9. The number of rotatable bonds is 4. The number of halogens is 3. The van der Waals surface area contributed by atoms with Crippen LogP contribution >= 0.6 is 11.8 Å². The molecular formula is C15H14F3NS. The van der Waals surface area contributed by atoms with Crippen molar-refractivity contribution in [3.63, 3.8) is 0 Å². The average molecular weight is 297 g/mol. The minimum atomic E-state index is -0.759. The fourth-order valence-corrected chi connectivity index (χ4v) is 2.69. The first-order valence-corrected chi connectivity index (χ1v) is 7.06. The second-order valence-corrected chi connectivity index (χ2v) is 5.56. The average Bonchev–Trinajstić information content (AvgIpc) is 2.43. The van der Waals surface area contributed by atoms with Crippen LogP contribution in [0, 0.1) is 24.4 Å². The van der Waals surface area contributed by atoms with Crippen molar-refractivity contribution in [1.82, 2.24) is 0 Å². The predicted molar refractivity (Wildman–Crippen MR) is 75.1 cm³/mol. The fraction of sp³-hybridized carbons (Fsp3) is 0.200. The summed E-state index contributed by atoms with van der Waals surface area (Å²) in [6.45, 7) is 1.57. The smallest absolute Gasteiger partial charge is 0.133 e. The Balaban J connectivity index is 2.11. The molecule has 0 aliphatic rings. The van der Waals surface area contributed by atoms with Crippen molar-refractivity contribution in [3.8, 4) is 0 Å². The lowest BCUT2D eigenvalue weighted by Crippen LogP contribution is -2.17. The maximum absolute atomic E-state index is 13.9. The SMILES string of the molecule is Cc1ccc(F)c(C(N)CSc2ccc(F)cc2)c1F. The van der Waals surface area contributed by atoms with Crippen molar-refractivity contribution in [1.29, 1.82) is 0 Å². The number of hydrogen-bond donors (Lipinski definition) is 1. The fourth-order valence-electron chi connectivity index (χ4n) is 1.82. The van der Waals surface area contributed by atoms with E-state index in [9.17, 15) is 13.2 Å². The number of benzene rings is 2. The number of thioether (sulfide) groups is 1. The van der Waals surface area contributed by atoms with Crippen LogP contribution < -0.4 is 5.73 Å². The lowest BCUT2D eigenvalue weighted by Gasteiger charge is -2.15. The standard InChI is InChI=1S/C15H14F3NS/c1-9-2-7-12(17)14(15(9)18)13(19)8-20-11-5-3-10(16)4-6-11/h2-7,13H,8,19H2,1H3. The number of hydrogen-bond acceptors (Lipinski definition) is 2. The molecule has 0 fully saturated rings. The molecule has 0 amide bonds. The molecule has 0 saturated carbocycles. The van der Waals surface area contributed by atoms with Crippen molar-refractivity contribution in [3.05, 3.63) is 65.0 Å². The third-order valence-electron chi connectivity index (χ3n) is 2.93. The van der Waals surface area contributed by atoms with Gasteiger partial charge in [-0.1, -0.05) is 6.07 Å². The van der Waals surface area contributed by atoms with E-state index in [2.05, 4.69) is 0 Å². The quantitative estimate of drug-likeness (QED) is 0.856. The summed E-state index contributed by atoms with van der Waals surface area (Å²) in [4.78, 5) is 0.801. The molecule has 2 N–H and O–H groups in total. The van der Waals surface area contributed by atoms with Gasteiger partial charge in [0.1, 0.15) is 17.5 Å². The van der Waals surface area contributed by atoms with Crippen molar-refractivity contribution in [2.75, 3.05) is 5.75 Å². The first-order valence-electron chi connectivity index (χ1n) is 6.07. The van der Waals surface area contributed by atoms with Gasteiger partial charge in [-0.25, -0.2) is 13.2 Å². The number of nitrogens with two attached hydrogens (primary N) is 1. The van der Waals surface area contributed by atoms with Gasteiger partial charge in [-0.05, 0) is 42.8 Å². The first kappa shape index (κ1) is 14.9. The van der Waals surface area contributed by atoms with E-state index in [1.54, 1.807) is 19.1 Å². The summed E-state index contributed by atoms with van der Waals surface area (Å²) in [5.74, 6) is -1.25. The molecule has 0 aromatic heterocycles. The van der Waals surface area contributed by atoms with E-state index in [4.69, 9.17) is 5.73 Å². The Hall–Kier alpha value is -1.46. The minimum Gasteiger partial charge on any atom is -0.323 e. The van der Waals surface area contributed by atoms with E-state index in [0.29, 0.717) is 11.3 Å². The summed E-state index contributed by atoms with van der Waals surface area (Å²) >= 11 is 1.33. The molecule has 0 saturated heterocycles. The van der Waals surface area contributed by atoms with Gasteiger partial charge in [0.15, 0.2) is 0 Å². The van der Waals surface area contributed by atoms with E-state index in [0.717, 1.165) is 4.90 Å². The van der Waals surface area contributed by atoms with E-state index < -0.39 is 17.7 Å². The molecule has 0 bridgehead atoms. The molecule has 2 aromatic rings. The monoisotopic (exact) mass is 297 g/mol. The molecular weight excluding hydrogens is 283 g/mol. The molecule has 1 nitrogen and oxygen atoms in total. The summed E-state index contributed by atoms with van der Waals surface area (Å²) in [5.41, 5.74) is 6.14. The molecule has 0 spiro atoms.